The molecule has 3 aromatic heterocycles. The number of nitrogens with zero attached hydrogens (tertiary/aromatic N) is 2. The molecule has 0 spiro atoms. The van der Waals surface area contributed by atoms with E-state index in [2.05, 4.69) is 228 Å². The zero-order chi connectivity index (χ0) is 40.7. The Morgan fingerprint density at radius 3 is 1.90 bits per heavy atom. The summed E-state index contributed by atoms with van der Waals surface area (Å²) in [6.45, 7) is 0. The van der Waals surface area contributed by atoms with Crippen LogP contribution in [0.2, 0.25) is 0 Å². The summed E-state index contributed by atoms with van der Waals surface area (Å²) in [6, 6.07) is 79.1. The third kappa shape index (κ3) is 5.37. The molecular weight excluding hydrogens is 773 g/mol. The predicted molar refractivity (Wildman–Crippen MR) is 264 cm³/mol. The second-order valence-corrected chi connectivity index (χ2v) is 17.1. The van der Waals surface area contributed by atoms with Gasteiger partial charge in [-0.15, -0.1) is 11.3 Å². The van der Waals surface area contributed by atoms with Gasteiger partial charge in [-0.05, 0) is 100 Å². The molecule has 3 nitrogen and oxygen atoms in total. The van der Waals surface area contributed by atoms with Crippen LogP contribution in [0.3, 0.4) is 0 Å². The third-order valence-electron chi connectivity index (χ3n) is 12.6. The highest BCUT2D eigenvalue weighted by molar-refractivity contribution is 7.26. The summed E-state index contributed by atoms with van der Waals surface area (Å²) in [5.41, 5.74) is 13.1. The Balaban J connectivity index is 1.01. The van der Waals surface area contributed by atoms with Crippen LogP contribution in [0.25, 0.3) is 103 Å². The van der Waals surface area contributed by atoms with E-state index in [1.165, 1.54) is 52.8 Å². The molecule has 0 N–H and O–H groups in total. The maximum absolute atomic E-state index is 6.89. The number of furan rings is 1. The summed E-state index contributed by atoms with van der Waals surface area (Å²) in [5.74, 6) is 0. The van der Waals surface area contributed by atoms with Gasteiger partial charge in [0.1, 0.15) is 11.2 Å². The number of thiophene rings is 1. The molecule has 0 amide bonds. The number of anilines is 3. The average molecular weight is 809 g/mol. The van der Waals surface area contributed by atoms with Crippen LogP contribution in [0.1, 0.15) is 0 Å². The summed E-state index contributed by atoms with van der Waals surface area (Å²) < 4.78 is 11.8. The normalized spacial score (nSPS) is 11.9. The Morgan fingerprint density at radius 2 is 1.08 bits per heavy atom. The fraction of sp³-hybridized carbons (Fsp3) is 0. The predicted octanol–water partition coefficient (Wildman–Crippen LogP) is 17.0. The van der Waals surface area contributed by atoms with Crippen LogP contribution in [0.15, 0.2) is 223 Å². The van der Waals surface area contributed by atoms with Gasteiger partial charge in [0.05, 0.1) is 32.5 Å². The number of rotatable bonds is 6. The molecule has 10 aromatic carbocycles. The zero-order valence-electron chi connectivity index (χ0n) is 33.5. The molecule has 0 aliphatic carbocycles. The van der Waals surface area contributed by atoms with Gasteiger partial charge in [-0.2, -0.15) is 0 Å². The van der Waals surface area contributed by atoms with Crippen LogP contribution >= 0.6 is 11.3 Å². The standard InChI is InChI=1S/C58H36N2OS/c1-2-14-39-35-41(28-27-37(39)13-1)44-33-34-52(56-49-20-5-9-25-54(49)61-57(44)56)59(53-24-12-21-48-47-19-6-10-26-55(47)62-58(48)53)42-31-29-38(30-32-42)40-15-11-16-43(36-40)60-50-22-7-3-17-45(50)46-18-4-8-23-51(46)60/h1-36H. The zero-order valence-corrected chi connectivity index (χ0v) is 34.3. The van der Waals surface area contributed by atoms with E-state index in [-0.39, 0.29) is 0 Å². The molecule has 13 aromatic rings. The number of aromatic nitrogens is 1. The molecule has 0 atom stereocenters. The first-order valence-corrected chi connectivity index (χ1v) is 21.9. The molecular formula is C58H36N2OS. The number of hydrogen-bond donors (Lipinski definition) is 0. The molecule has 290 valence electrons. The Morgan fingerprint density at radius 1 is 0.419 bits per heavy atom. The van der Waals surface area contributed by atoms with Gasteiger partial charge in [-0.3, -0.25) is 0 Å². The highest BCUT2D eigenvalue weighted by atomic mass is 32.1. The van der Waals surface area contributed by atoms with Crippen molar-refractivity contribution in [3.63, 3.8) is 0 Å². The monoisotopic (exact) mass is 808 g/mol. The first kappa shape index (κ1) is 34.9. The summed E-state index contributed by atoms with van der Waals surface area (Å²) >= 11 is 1.85. The maximum Gasteiger partial charge on any atom is 0.145 e. The lowest BCUT2D eigenvalue weighted by Crippen LogP contribution is -2.10. The van der Waals surface area contributed by atoms with Gasteiger partial charge >= 0.3 is 0 Å². The van der Waals surface area contributed by atoms with Gasteiger partial charge in [0.15, 0.2) is 0 Å². The van der Waals surface area contributed by atoms with Crippen LogP contribution < -0.4 is 4.90 Å². The largest absolute Gasteiger partial charge is 0.455 e. The summed E-state index contributed by atoms with van der Waals surface area (Å²) in [5, 5.41) is 9.66. The second-order valence-electron chi connectivity index (χ2n) is 16.1. The smallest absolute Gasteiger partial charge is 0.145 e. The highest BCUT2D eigenvalue weighted by Crippen LogP contribution is 2.50. The Kier molecular flexibility index (Phi) is 7.78. The van der Waals surface area contributed by atoms with Crippen LogP contribution in [-0.4, -0.2) is 4.57 Å². The first-order valence-electron chi connectivity index (χ1n) is 21.1. The summed E-state index contributed by atoms with van der Waals surface area (Å²) in [7, 11) is 0. The van der Waals surface area contributed by atoms with Crippen molar-refractivity contribution in [1.29, 1.82) is 0 Å². The van der Waals surface area contributed by atoms with Crippen molar-refractivity contribution in [3.05, 3.63) is 218 Å². The van der Waals surface area contributed by atoms with Gasteiger partial charge < -0.3 is 13.9 Å². The van der Waals surface area contributed by atoms with Crippen molar-refractivity contribution in [2.75, 3.05) is 4.90 Å². The number of hydrogen-bond acceptors (Lipinski definition) is 3. The fourth-order valence-corrected chi connectivity index (χ4v) is 10.9. The second kappa shape index (κ2) is 13.8. The van der Waals surface area contributed by atoms with E-state index < -0.39 is 0 Å². The topological polar surface area (TPSA) is 21.3 Å². The van der Waals surface area contributed by atoms with Crippen LogP contribution in [0, 0.1) is 0 Å². The van der Waals surface area contributed by atoms with Gasteiger partial charge in [0, 0.05) is 48.6 Å². The van der Waals surface area contributed by atoms with Crippen molar-refractivity contribution in [1.82, 2.24) is 4.57 Å². The van der Waals surface area contributed by atoms with E-state index in [0.717, 1.165) is 66.9 Å². The molecule has 0 bridgehead atoms. The van der Waals surface area contributed by atoms with Crippen molar-refractivity contribution in [3.8, 4) is 27.9 Å². The van der Waals surface area contributed by atoms with Crippen molar-refractivity contribution in [2.45, 2.75) is 0 Å². The van der Waals surface area contributed by atoms with Crippen molar-refractivity contribution < 1.29 is 4.42 Å². The Bertz CT molecular complexity index is 3830. The van der Waals surface area contributed by atoms with E-state index in [1.807, 2.05) is 11.3 Å². The Hall–Kier alpha value is -7.92. The number of fused-ring (bicyclic) bond motifs is 10. The van der Waals surface area contributed by atoms with E-state index in [0.29, 0.717) is 0 Å². The van der Waals surface area contributed by atoms with Crippen molar-refractivity contribution in [2.24, 2.45) is 0 Å². The van der Waals surface area contributed by atoms with Gasteiger partial charge in [-0.25, -0.2) is 0 Å². The molecule has 0 saturated carbocycles. The lowest BCUT2D eigenvalue weighted by Gasteiger charge is -2.27. The SMILES string of the molecule is c1cc(-c2ccc(N(c3cccc4c3sc3ccccc34)c3ccc(-c4ccc5ccccc5c4)c4oc5ccccc5c34)cc2)cc(-n2c3ccccc3c3ccccc32)c1. The highest BCUT2D eigenvalue weighted by Gasteiger charge is 2.24. The molecule has 0 aliphatic rings. The Labute approximate surface area is 361 Å². The van der Waals surface area contributed by atoms with E-state index in [4.69, 9.17) is 4.42 Å². The lowest BCUT2D eigenvalue weighted by atomic mass is 9.97. The van der Waals surface area contributed by atoms with Gasteiger partial charge in [0.25, 0.3) is 0 Å². The van der Waals surface area contributed by atoms with E-state index in [1.54, 1.807) is 0 Å². The van der Waals surface area contributed by atoms with Gasteiger partial charge in [0.2, 0.25) is 0 Å². The molecule has 4 heteroatoms. The third-order valence-corrected chi connectivity index (χ3v) is 13.8. The molecule has 13 rings (SSSR count). The quantitative estimate of drug-likeness (QED) is 0.167. The van der Waals surface area contributed by atoms with Crippen molar-refractivity contribution >= 4 is 103 Å². The minimum Gasteiger partial charge on any atom is -0.455 e. The molecule has 0 saturated heterocycles. The maximum atomic E-state index is 6.89. The minimum atomic E-state index is 0.871. The van der Waals surface area contributed by atoms with Crippen LogP contribution in [0.4, 0.5) is 17.1 Å². The van der Waals surface area contributed by atoms with E-state index in [9.17, 15) is 0 Å². The fourth-order valence-electron chi connectivity index (χ4n) is 9.73. The van der Waals surface area contributed by atoms with Crippen LogP contribution in [-0.2, 0) is 0 Å². The first-order chi connectivity index (χ1) is 30.7. The molecule has 62 heavy (non-hydrogen) atoms. The molecule has 0 radical (unpaired) electrons. The van der Waals surface area contributed by atoms with E-state index >= 15 is 0 Å². The lowest BCUT2D eigenvalue weighted by molar-refractivity contribution is 0.670. The van der Waals surface area contributed by atoms with Crippen LogP contribution in [0.5, 0.6) is 0 Å². The molecule has 0 unspecified atom stereocenters. The summed E-state index contributed by atoms with van der Waals surface area (Å²) in [4.78, 5) is 2.45. The molecule has 0 aliphatic heterocycles. The number of para-hydroxylation sites is 3. The summed E-state index contributed by atoms with van der Waals surface area (Å²) in [6.07, 6.45) is 0. The molecule has 3 heterocycles. The molecule has 0 fully saturated rings. The average Bonchev–Trinajstić information content (AvgIpc) is 4.02. The number of benzene rings is 10. The van der Waals surface area contributed by atoms with Gasteiger partial charge in [-0.1, -0.05) is 146 Å². The minimum absolute atomic E-state index is 0.871.